The fourth-order valence-corrected chi connectivity index (χ4v) is 4.32. The first-order valence-electron chi connectivity index (χ1n) is 8.67. The summed E-state index contributed by atoms with van der Waals surface area (Å²) in [5.41, 5.74) is -0.215. The number of rotatable bonds is 4. The number of azo groups is 1. The molecule has 4 aromatic carbocycles. The summed E-state index contributed by atoms with van der Waals surface area (Å²) < 4.78 is 69.2. The molecule has 9 nitrogen and oxygen atoms in total. The van der Waals surface area contributed by atoms with Crippen molar-refractivity contribution < 1.29 is 90.2 Å². The first kappa shape index (κ1) is 27.9. The number of fused-ring (bicyclic) bond motifs is 2. The van der Waals surface area contributed by atoms with Crippen molar-refractivity contribution >= 4 is 53.2 Å². The van der Waals surface area contributed by atoms with Gasteiger partial charge in [0, 0.05) is 10.8 Å². The van der Waals surface area contributed by atoms with Gasteiger partial charge in [-0.05, 0) is 41.1 Å². The second kappa shape index (κ2) is 10.5. The number of aromatic hydroxyl groups is 1. The Bertz CT molecular complexity index is 1600. The summed E-state index contributed by atoms with van der Waals surface area (Å²) in [4.78, 5) is -1.54. The molecule has 0 fully saturated rings. The molecule has 0 aliphatic rings. The zero-order valence-corrected chi connectivity index (χ0v) is 23.1. The van der Waals surface area contributed by atoms with Crippen molar-refractivity contribution in [2.45, 2.75) is 9.79 Å². The maximum atomic E-state index is 11.8. The summed E-state index contributed by atoms with van der Waals surface area (Å²) in [6.07, 6.45) is 0. The maximum Gasteiger partial charge on any atom is 1.00 e. The van der Waals surface area contributed by atoms with E-state index in [1.807, 2.05) is 18.2 Å². The minimum atomic E-state index is -5.13. The van der Waals surface area contributed by atoms with Gasteiger partial charge >= 0.3 is 59.1 Å². The standard InChI is InChI=1S/C20H14N2O7S2.2Na/c23-20-16-9-8-14(30(24,25)26)10-13(16)11-18(31(27,28)29)19(20)22-21-17-7-3-5-12-4-1-2-6-15(12)17;;/h1-11,23H,(H,24,25,26)(H,27,28,29);;/q;2*+1/p-2. The van der Waals surface area contributed by atoms with E-state index >= 15 is 0 Å². The van der Waals surface area contributed by atoms with Gasteiger partial charge in [-0.1, -0.05) is 36.4 Å². The fourth-order valence-electron chi connectivity index (χ4n) is 3.17. The normalized spacial score (nSPS) is 11.9. The van der Waals surface area contributed by atoms with Crippen molar-refractivity contribution in [1.82, 2.24) is 0 Å². The molecule has 0 spiro atoms. The Morgan fingerprint density at radius 1 is 0.697 bits per heavy atom. The molecule has 4 aromatic rings. The number of hydrogen-bond acceptors (Lipinski definition) is 9. The van der Waals surface area contributed by atoms with Crippen LogP contribution in [-0.4, -0.2) is 31.0 Å². The minimum absolute atomic E-state index is 0. The van der Waals surface area contributed by atoms with Crippen LogP contribution < -0.4 is 59.1 Å². The average molecular weight is 502 g/mol. The molecule has 0 unspecified atom stereocenters. The molecule has 0 radical (unpaired) electrons. The predicted molar refractivity (Wildman–Crippen MR) is 110 cm³/mol. The molecular formula is C20H12N2Na2O7S2. The molecule has 1 N–H and O–H groups in total. The van der Waals surface area contributed by atoms with E-state index in [0.717, 1.165) is 29.7 Å². The zero-order chi connectivity index (χ0) is 22.4. The molecule has 33 heavy (non-hydrogen) atoms. The van der Waals surface area contributed by atoms with Crippen molar-refractivity contribution in [3.63, 3.8) is 0 Å². The number of phenols is 1. The van der Waals surface area contributed by atoms with E-state index in [0.29, 0.717) is 11.1 Å². The van der Waals surface area contributed by atoms with Gasteiger partial charge in [0.1, 0.15) is 25.9 Å². The van der Waals surface area contributed by atoms with Gasteiger partial charge in [-0.25, -0.2) is 16.8 Å². The maximum absolute atomic E-state index is 11.8. The van der Waals surface area contributed by atoms with Crippen LogP contribution in [0.1, 0.15) is 0 Å². The molecule has 0 amide bonds. The molecule has 0 aromatic heterocycles. The van der Waals surface area contributed by atoms with Gasteiger partial charge in [-0.3, -0.25) is 0 Å². The van der Waals surface area contributed by atoms with Gasteiger partial charge < -0.3 is 14.2 Å². The quantitative estimate of drug-likeness (QED) is 0.191. The second-order valence-electron chi connectivity index (χ2n) is 6.56. The van der Waals surface area contributed by atoms with Crippen LogP contribution in [0.3, 0.4) is 0 Å². The summed E-state index contributed by atoms with van der Waals surface area (Å²) in [6, 6.07) is 16.2. The minimum Gasteiger partial charge on any atom is -0.744 e. The van der Waals surface area contributed by atoms with E-state index in [-0.39, 0.29) is 69.9 Å². The van der Waals surface area contributed by atoms with Gasteiger partial charge in [0.15, 0.2) is 5.75 Å². The summed E-state index contributed by atoms with van der Waals surface area (Å²) in [7, 11) is -9.97. The van der Waals surface area contributed by atoms with Gasteiger partial charge in [-0.2, -0.15) is 0 Å². The predicted octanol–water partition coefficient (Wildman–Crippen LogP) is -2.07. The van der Waals surface area contributed by atoms with Crippen LogP contribution in [0.4, 0.5) is 11.4 Å². The van der Waals surface area contributed by atoms with Crippen molar-refractivity contribution in [1.29, 1.82) is 0 Å². The molecule has 0 heterocycles. The molecule has 4 rings (SSSR count). The smallest absolute Gasteiger partial charge is 0.744 e. The Labute approximate surface area is 233 Å². The van der Waals surface area contributed by atoms with E-state index in [1.54, 1.807) is 24.3 Å². The van der Waals surface area contributed by atoms with Crippen molar-refractivity contribution in [3.8, 4) is 5.75 Å². The van der Waals surface area contributed by atoms with Crippen LogP contribution >= 0.6 is 0 Å². The number of nitrogens with zero attached hydrogens (tertiary/aromatic N) is 2. The van der Waals surface area contributed by atoms with E-state index in [4.69, 9.17) is 0 Å². The molecular weight excluding hydrogens is 490 g/mol. The topological polar surface area (TPSA) is 159 Å². The molecule has 0 atom stereocenters. The van der Waals surface area contributed by atoms with Crippen molar-refractivity contribution in [3.05, 3.63) is 66.7 Å². The van der Waals surface area contributed by atoms with Crippen molar-refractivity contribution in [2.24, 2.45) is 10.2 Å². The van der Waals surface area contributed by atoms with Gasteiger partial charge in [0.25, 0.3) is 0 Å². The zero-order valence-electron chi connectivity index (χ0n) is 17.5. The SMILES string of the molecule is O=S(=O)([O-])c1ccc2c(O)c(N=Nc3cccc4ccccc34)c(S(=O)(=O)[O-])cc2c1.[Na+].[Na+]. The van der Waals surface area contributed by atoms with E-state index in [1.165, 1.54) is 0 Å². The van der Waals surface area contributed by atoms with Gasteiger partial charge in [-0.15, -0.1) is 10.2 Å². The Kier molecular flexibility index (Phi) is 8.85. The van der Waals surface area contributed by atoms with Crippen LogP contribution in [0.5, 0.6) is 5.75 Å². The first-order chi connectivity index (χ1) is 14.6. The molecule has 0 aliphatic heterocycles. The van der Waals surface area contributed by atoms with E-state index in [2.05, 4.69) is 10.2 Å². The third-order valence-electron chi connectivity index (χ3n) is 4.60. The molecule has 0 saturated heterocycles. The first-order valence-corrected chi connectivity index (χ1v) is 11.5. The summed E-state index contributed by atoms with van der Waals surface area (Å²) in [6.45, 7) is 0. The largest absolute Gasteiger partial charge is 1.00 e. The fraction of sp³-hybridized carbons (Fsp3) is 0. The van der Waals surface area contributed by atoms with Crippen LogP contribution in [0.25, 0.3) is 21.5 Å². The second-order valence-corrected chi connectivity index (χ2v) is 9.29. The number of hydrogen-bond donors (Lipinski definition) is 1. The molecule has 0 saturated carbocycles. The Hall–Kier alpha value is -1.38. The Balaban J connectivity index is 0.00000193. The van der Waals surface area contributed by atoms with Crippen LogP contribution in [0, 0.1) is 0 Å². The monoisotopic (exact) mass is 502 g/mol. The Morgan fingerprint density at radius 2 is 1.36 bits per heavy atom. The number of benzene rings is 4. The van der Waals surface area contributed by atoms with Crippen LogP contribution in [-0.2, 0) is 20.2 Å². The van der Waals surface area contributed by atoms with Gasteiger partial charge in [0.2, 0.25) is 0 Å². The van der Waals surface area contributed by atoms with Crippen molar-refractivity contribution in [2.75, 3.05) is 0 Å². The summed E-state index contributed by atoms with van der Waals surface area (Å²) >= 11 is 0. The average Bonchev–Trinajstić information content (AvgIpc) is 2.71. The molecule has 13 heteroatoms. The number of phenolic OH excluding ortho intramolecular Hbond substituents is 1. The van der Waals surface area contributed by atoms with Crippen LogP contribution in [0.2, 0.25) is 0 Å². The third-order valence-corrected chi connectivity index (χ3v) is 6.29. The molecule has 158 valence electrons. The molecule has 0 aliphatic carbocycles. The van der Waals surface area contributed by atoms with Gasteiger partial charge in [0.05, 0.1) is 15.5 Å². The van der Waals surface area contributed by atoms with E-state index in [9.17, 15) is 31.0 Å². The third kappa shape index (κ3) is 5.82. The summed E-state index contributed by atoms with van der Waals surface area (Å²) in [5.74, 6) is -0.689. The van der Waals surface area contributed by atoms with E-state index < -0.39 is 41.5 Å². The Morgan fingerprint density at radius 3 is 2.03 bits per heavy atom. The molecule has 0 bridgehead atoms. The van der Waals surface area contributed by atoms with Crippen LogP contribution in [0.15, 0.2) is 86.7 Å². The summed E-state index contributed by atoms with van der Waals surface area (Å²) in [5, 5.41) is 19.9.